The van der Waals surface area contributed by atoms with Crippen molar-refractivity contribution in [3.63, 3.8) is 0 Å². The van der Waals surface area contributed by atoms with Crippen LogP contribution in [-0.4, -0.2) is 35.5 Å². The number of nitro groups is 1. The molecular weight excluding hydrogens is 278 g/mol. The molecule has 0 aliphatic rings. The van der Waals surface area contributed by atoms with Crippen molar-refractivity contribution in [2.24, 2.45) is 0 Å². The quantitative estimate of drug-likeness (QED) is 0.592. The molecule has 0 heterocycles. The van der Waals surface area contributed by atoms with Crippen LogP contribution in [0, 0.1) is 10.1 Å². The summed E-state index contributed by atoms with van der Waals surface area (Å²) in [6, 6.07) is 5.05. The molecule has 0 radical (unpaired) electrons. The number of hydrogen-bond acceptors (Lipinski definition) is 4. The summed E-state index contributed by atoms with van der Waals surface area (Å²) in [7, 11) is 0. The van der Waals surface area contributed by atoms with Crippen molar-refractivity contribution in [3.05, 3.63) is 38.9 Å². The first-order valence-corrected chi connectivity index (χ1v) is 7.24. The normalized spacial score (nSPS) is 12.7. The largest absolute Gasteiger partial charge is 0.309 e. The van der Waals surface area contributed by atoms with Gasteiger partial charge in [0.1, 0.15) is 0 Å². The van der Waals surface area contributed by atoms with E-state index in [1.165, 1.54) is 6.07 Å². The number of likely N-dealkylation sites (N-methyl/N-ethyl adjacent to an activating group) is 1. The van der Waals surface area contributed by atoms with Gasteiger partial charge in [-0.1, -0.05) is 25.4 Å². The van der Waals surface area contributed by atoms with Gasteiger partial charge in [-0.05, 0) is 32.1 Å². The Morgan fingerprint density at radius 1 is 1.40 bits per heavy atom. The summed E-state index contributed by atoms with van der Waals surface area (Å²) >= 11 is 5.80. The Kier molecular flexibility index (Phi) is 6.91. The number of nitrogens with one attached hydrogen (secondary N) is 1. The predicted molar refractivity (Wildman–Crippen MR) is 82.2 cm³/mol. The molecule has 6 heteroatoms. The minimum atomic E-state index is -0.391. The molecule has 1 unspecified atom stereocenters. The van der Waals surface area contributed by atoms with Crippen LogP contribution in [0.1, 0.15) is 26.3 Å². The number of nitrogens with zero attached hydrogens (tertiary/aromatic N) is 2. The van der Waals surface area contributed by atoms with Gasteiger partial charge in [0.15, 0.2) is 0 Å². The van der Waals surface area contributed by atoms with Gasteiger partial charge in [-0.15, -0.1) is 0 Å². The molecule has 0 aliphatic carbocycles. The van der Waals surface area contributed by atoms with Crippen LogP contribution in [0.5, 0.6) is 0 Å². The van der Waals surface area contributed by atoms with Crippen LogP contribution in [-0.2, 0) is 6.54 Å². The summed E-state index contributed by atoms with van der Waals surface area (Å²) in [5, 5.41) is 14.7. The molecule has 0 saturated heterocycles. The molecule has 1 N–H and O–H groups in total. The SMILES string of the molecule is CCN(CC)CC(C)NCc1ccc(Cl)cc1[N+](=O)[O-]. The standard InChI is InChI=1S/C14H22ClN3O2/c1-4-17(5-2)10-11(3)16-9-12-6-7-13(15)8-14(12)18(19)20/h6-8,11,16H,4-5,9-10H2,1-3H3. The zero-order valence-corrected chi connectivity index (χ0v) is 13.0. The van der Waals surface area contributed by atoms with Gasteiger partial charge in [-0.25, -0.2) is 0 Å². The third kappa shape index (κ3) is 5.07. The van der Waals surface area contributed by atoms with Gasteiger partial charge in [-0.3, -0.25) is 10.1 Å². The fraction of sp³-hybridized carbons (Fsp3) is 0.571. The van der Waals surface area contributed by atoms with Crippen molar-refractivity contribution in [1.82, 2.24) is 10.2 Å². The summed E-state index contributed by atoms with van der Waals surface area (Å²) in [5.74, 6) is 0. The van der Waals surface area contributed by atoms with Crippen molar-refractivity contribution in [2.45, 2.75) is 33.4 Å². The monoisotopic (exact) mass is 299 g/mol. The van der Waals surface area contributed by atoms with Crippen LogP contribution in [0.3, 0.4) is 0 Å². The maximum absolute atomic E-state index is 11.0. The summed E-state index contributed by atoms with van der Waals surface area (Å²) in [6.07, 6.45) is 0. The molecule has 0 fully saturated rings. The Morgan fingerprint density at radius 3 is 2.60 bits per heavy atom. The topological polar surface area (TPSA) is 58.4 Å². The first-order chi connectivity index (χ1) is 9.47. The van der Waals surface area contributed by atoms with Crippen molar-refractivity contribution >= 4 is 17.3 Å². The van der Waals surface area contributed by atoms with Crippen LogP contribution in [0.15, 0.2) is 18.2 Å². The molecule has 0 aromatic heterocycles. The van der Waals surface area contributed by atoms with Gasteiger partial charge < -0.3 is 10.2 Å². The Morgan fingerprint density at radius 2 is 2.05 bits per heavy atom. The van der Waals surface area contributed by atoms with Gasteiger partial charge >= 0.3 is 0 Å². The Balaban J connectivity index is 2.63. The summed E-state index contributed by atoms with van der Waals surface area (Å²) in [5.41, 5.74) is 0.728. The Bertz CT molecular complexity index is 450. The maximum atomic E-state index is 11.0. The molecule has 0 aliphatic heterocycles. The summed E-state index contributed by atoms with van der Waals surface area (Å²) in [4.78, 5) is 12.9. The summed E-state index contributed by atoms with van der Waals surface area (Å²) < 4.78 is 0. The molecule has 1 atom stereocenters. The summed E-state index contributed by atoms with van der Waals surface area (Å²) in [6.45, 7) is 9.73. The van der Waals surface area contributed by atoms with E-state index in [0.29, 0.717) is 17.1 Å². The molecule has 1 aromatic carbocycles. The first-order valence-electron chi connectivity index (χ1n) is 6.86. The second-order valence-corrected chi connectivity index (χ2v) is 5.23. The molecular formula is C14H22ClN3O2. The highest BCUT2D eigenvalue weighted by atomic mass is 35.5. The number of hydrogen-bond donors (Lipinski definition) is 1. The van der Waals surface area contributed by atoms with Crippen molar-refractivity contribution in [3.8, 4) is 0 Å². The molecule has 5 nitrogen and oxygen atoms in total. The lowest BCUT2D eigenvalue weighted by molar-refractivity contribution is -0.385. The fourth-order valence-electron chi connectivity index (χ4n) is 2.07. The van der Waals surface area contributed by atoms with Crippen LogP contribution in [0.4, 0.5) is 5.69 Å². The van der Waals surface area contributed by atoms with E-state index in [1.807, 2.05) is 0 Å². The number of benzene rings is 1. The first kappa shape index (κ1) is 16.9. The molecule has 20 heavy (non-hydrogen) atoms. The van der Waals surface area contributed by atoms with Crippen molar-refractivity contribution < 1.29 is 4.92 Å². The van der Waals surface area contributed by atoms with Crippen LogP contribution in [0.2, 0.25) is 5.02 Å². The predicted octanol–water partition coefficient (Wildman–Crippen LogP) is 3.07. The molecule has 1 rings (SSSR count). The minimum Gasteiger partial charge on any atom is -0.309 e. The fourth-order valence-corrected chi connectivity index (χ4v) is 2.24. The van der Waals surface area contributed by atoms with Crippen LogP contribution < -0.4 is 5.32 Å². The second kappa shape index (κ2) is 8.19. The average molecular weight is 300 g/mol. The Labute approximate surface area is 125 Å². The van der Waals surface area contributed by atoms with Crippen molar-refractivity contribution in [1.29, 1.82) is 0 Å². The highest BCUT2D eigenvalue weighted by Gasteiger charge is 2.15. The maximum Gasteiger partial charge on any atom is 0.275 e. The van der Waals surface area contributed by atoms with Gasteiger partial charge in [0, 0.05) is 35.8 Å². The molecule has 0 amide bonds. The van der Waals surface area contributed by atoms with E-state index in [4.69, 9.17) is 11.6 Å². The van der Waals surface area contributed by atoms with Crippen LogP contribution >= 0.6 is 11.6 Å². The van der Waals surface area contributed by atoms with E-state index in [1.54, 1.807) is 12.1 Å². The van der Waals surface area contributed by atoms with E-state index in [-0.39, 0.29) is 11.7 Å². The lowest BCUT2D eigenvalue weighted by atomic mass is 10.1. The van der Waals surface area contributed by atoms with E-state index >= 15 is 0 Å². The zero-order valence-electron chi connectivity index (χ0n) is 12.2. The highest BCUT2D eigenvalue weighted by Crippen LogP contribution is 2.23. The third-order valence-electron chi connectivity index (χ3n) is 3.31. The number of halogens is 1. The van der Waals surface area contributed by atoms with E-state index in [0.717, 1.165) is 19.6 Å². The van der Waals surface area contributed by atoms with E-state index < -0.39 is 4.92 Å². The Hall–Kier alpha value is -1.17. The van der Waals surface area contributed by atoms with Gasteiger partial charge in [0.2, 0.25) is 0 Å². The van der Waals surface area contributed by atoms with Gasteiger partial charge in [-0.2, -0.15) is 0 Å². The lowest BCUT2D eigenvalue weighted by Crippen LogP contribution is -2.38. The molecule has 0 saturated carbocycles. The lowest BCUT2D eigenvalue weighted by Gasteiger charge is -2.23. The number of rotatable bonds is 8. The van der Waals surface area contributed by atoms with Crippen LogP contribution in [0.25, 0.3) is 0 Å². The molecule has 0 spiro atoms. The average Bonchev–Trinajstić information content (AvgIpc) is 2.43. The third-order valence-corrected chi connectivity index (χ3v) is 3.55. The highest BCUT2D eigenvalue weighted by molar-refractivity contribution is 6.30. The zero-order chi connectivity index (χ0) is 15.1. The van der Waals surface area contributed by atoms with Gasteiger partial charge in [0.25, 0.3) is 5.69 Å². The minimum absolute atomic E-state index is 0.0695. The van der Waals surface area contributed by atoms with Gasteiger partial charge in [0.05, 0.1) is 4.92 Å². The molecule has 0 bridgehead atoms. The molecule has 1 aromatic rings. The van der Waals surface area contributed by atoms with Crippen molar-refractivity contribution in [2.75, 3.05) is 19.6 Å². The smallest absolute Gasteiger partial charge is 0.275 e. The second-order valence-electron chi connectivity index (χ2n) is 4.80. The number of nitro benzene ring substituents is 1. The molecule has 112 valence electrons. The van der Waals surface area contributed by atoms with E-state index in [2.05, 4.69) is 31.0 Å². The van der Waals surface area contributed by atoms with E-state index in [9.17, 15) is 10.1 Å².